The molecule has 3 aromatic rings. The Hall–Kier alpha value is -3.13. The normalized spacial score (nSPS) is 11.2. The average molecular weight is 498 g/mol. The molecule has 168 valence electrons. The van der Waals surface area contributed by atoms with Crippen molar-refractivity contribution in [3.8, 4) is 5.69 Å². The van der Waals surface area contributed by atoms with E-state index in [0.717, 1.165) is 27.0 Å². The van der Waals surface area contributed by atoms with Crippen molar-refractivity contribution in [3.05, 3.63) is 69.8 Å². The largest absolute Gasteiger partial charge is 0.329 e. The van der Waals surface area contributed by atoms with Gasteiger partial charge in [-0.15, -0.1) is 0 Å². The van der Waals surface area contributed by atoms with Gasteiger partial charge in [-0.1, -0.05) is 54.4 Å². The number of aromatic nitrogens is 2. The monoisotopic (exact) mass is 497 g/mol. The molecule has 0 aliphatic rings. The molecular weight excluding hydrogens is 470 g/mol. The third-order valence-corrected chi connectivity index (χ3v) is 5.37. The van der Waals surface area contributed by atoms with Crippen molar-refractivity contribution < 1.29 is 9.59 Å². The van der Waals surface area contributed by atoms with Gasteiger partial charge in [-0.25, -0.2) is 9.48 Å². The fourth-order valence-electron chi connectivity index (χ4n) is 3.12. The number of halogens is 1. The van der Waals surface area contributed by atoms with Crippen LogP contribution in [0.5, 0.6) is 0 Å². The molecule has 0 bridgehead atoms. The van der Waals surface area contributed by atoms with E-state index in [1.54, 1.807) is 16.8 Å². The Balaban J connectivity index is 1.72. The van der Waals surface area contributed by atoms with Crippen LogP contribution in [0.4, 0.5) is 16.3 Å². The summed E-state index contributed by atoms with van der Waals surface area (Å²) in [5, 5.41) is 12.9. The first-order chi connectivity index (χ1) is 15.0. The van der Waals surface area contributed by atoms with E-state index in [-0.39, 0.29) is 17.9 Å². The fourth-order valence-corrected chi connectivity index (χ4v) is 3.38. The number of carbonyl (C=O) groups excluding carboxylic acids is 2. The first-order valence-electron chi connectivity index (χ1n) is 10.3. The van der Waals surface area contributed by atoms with Gasteiger partial charge in [-0.2, -0.15) is 5.10 Å². The second-order valence-electron chi connectivity index (χ2n) is 8.73. The number of benzene rings is 2. The summed E-state index contributed by atoms with van der Waals surface area (Å²) in [5.41, 5.74) is 4.40. The number of anilines is 2. The number of nitrogens with zero attached hydrogens (tertiary/aromatic N) is 2. The zero-order chi connectivity index (χ0) is 23.5. The molecule has 0 aliphatic carbocycles. The number of carbonyl (C=O) groups is 2. The Bertz CT molecular complexity index is 1130. The van der Waals surface area contributed by atoms with Gasteiger partial charge in [0.25, 0.3) is 0 Å². The molecule has 7 nitrogen and oxygen atoms in total. The standard InChI is InChI=1S/C24H28BrN5O2/c1-15-6-11-19(16(2)12-15)30-21(13-20(29-30)24(3,4)5)28-22(31)14-26-23(32)27-18-9-7-17(25)8-10-18/h6-13H,14H2,1-5H3,(H,28,31)(H2,26,27,32). The van der Waals surface area contributed by atoms with E-state index in [1.807, 2.05) is 44.2 Å². The Kier molecular flexibility index (Phi) is 7.03. The lowest BCUT2D eigenvalue weighted by molar-refractivity contribution is -0.115. The van der Waals surface area contributed by atoms with Crippen molar-refractivity contribution in [1.29, 1.82) is 0 Å². The molecule has 0 unspecified atom stereocenters. The Morgan fingerprint density at radius 1 is 1.00 bits per heavy atom. The summed E-state index contributed by atoms with van der Waals surface area (Å²) in [7, 11) is 0. The van der Waals surface area contributed by atoms with E-state index in [2.05, 4.69) is 58.7 Å². The highest BCUT2D eigenvalue weighted by molar-refractivity contribution is 9.10. The number of hydrogen-bond donors (Lipinski definition) is 3. The maximum absolute atomic E-state index is 12.6. The van der Waals surface area contributed by atoms with Gasteiger partial charge in [0.05, 0.1) is 17.9 Å². The van der Waals surface area contributed by atoms with Gasteiger partial charge >= 0.3 is 6.03 Å². The van der Waals surface area contributed by atoms with Crippen LogP contribution >= 0.6 is 15.9 Å². The number of amides is 3. The summed E-state index contributed by atoms with van der Waals surface area (Å²) in [6, 6.07) is 14.7. The van der Waals surface area contributed by atoms with Gasteiger partial charge in [0.1, 0.15) is 5.82 Å². The van der Waals surface area contributed by atoms with E-state index in [4.69, 9.17) is 5.10 Å². The average Bonchev–Trinajstić information content (AvgIpc) is 3.12. The first kappa shape index (κ1) is 23.5. The van der Waals surface area contributed by atoms with E-state index in [1.165, 1.54) is 0 Å². The van der Waals surface area contributed by atoms with Crippen LogP contribution in [0, 0.1) is 13.8 Å². The Morgan fingerprint density at radius 2 is 1.69 bits per heavy atom. The minimum absolute atomic E-state index is 0.175. The lowest BCUT2D eigenvalue weighted by atomic mass is 9.92. The van der Waals surface area contributed by atoms with Crippen LogP contribution in [0.1, 0.15) is 37.6 Å². The summed E-state index contributed by atoms with van der Waals surface area (Å²) in [5.74, 6) is 0.212. The van der Waals surface area contributed by atoms with Crippen LogP contribution in [-0.4, -0.2) is 28.3 Å². The predicted molar refractivity (Wildman–Crippen MR) is 132 cm³/mol. The molecule has 0 saturated carbocycles. The van der Waals surface area contributed by atoms with Crippen molar-refractivity contribution in [1.82, 2.24) is 15.1 Å². The summed E-state index contributed by atoms with van der Waals surface area (Å²) < 4.78 is 2.66. The van der Waals surface area contributed by atoms with Crippen LogP contribution in [0.25, 0.3) is 5.69 Å². The SMILES string of the molecule is Cc1ccc(-n2nc(C(C)(C)C)cc2NC(=O)CNC(=O)Nc2ccc(Br)cc2)c(C)c1. The highest BCUT2D eigenvalue weighted by Gasteiger charge is 2.22. The Morgan fingerprint density at radius 3 is 2.31 bits per heavy atom. The van der Waals surface area contributed by atoms with Gasteiger partial charge in [0.15, 0.2) is 0 Å². The summed E-state index contributed by atoms with van der Waals surface area (Å²) in [6.07, 6.45) is 0. The quantitative estimate of drug-likeness (QED) is 0.446. The van der Waals surface area contributed by atoms with E-state index in [9.17, 15) is 9.59 Å². The molecule has 32 heavy (non-hydrogen) atoms. The Labute approximate surface area is 196 Å². The molecule has 0 radical (unpaired) electrons. The van der Waals surface area contributed by atoms with Crippen molar-refractivity contribution in [3.63, 3.8) is 0 Å². The molecule has 1 heterocycles. The fraction of sp³-hybridized carbons (Fsp3) is 0.292. The minimum Gasteiger partial charge on any atom is -0.329 e. The molecule has 3 N–H and O–H groups in total. The molecule has 0 spiro atoms. The second kappa shape index (κ2) is 9.56. The van der Waals surface area contributed by atoms with Crippen LogP contribution in [0.15, 0.2) is 53.0 Å². The molecule has 3 rings (SSSR count). The van der Waals surface area contributed by atoms with E-state index < -0.39 is 6.03 Å². The number of rotatable bonds is 5. The molecule has 1 aromatic heterocycles. The zero-order valence-electron chi connectivity index (χ0n) is 18.9. The molecule has 0 atom stereocenters. The highest BCUT2D eigenvalue weighted by Crippen LogP contribution is 2.27. The summed E-state index contributed by atoms with van der Waals surface area (Å²) in [6.45, 7) is 10.1. The smallest absolute Gasteiger partial charge is 0.319 e. The van der Waals surface area contributed by atoms with E-state index in [0.29, 0.717) is 11.5 Å². The van der Waals surface area contributed by atoms with E-state index >= 15 is 0 Å². The lowest BCUT2D eigenvalue weighted by Crippen LogP contribution is -2.36. The number of urea groups is 1. The number of nitrogens with one attached hydrogen (secondary N) is 3. The van der Waals surface area contributed by atoms with Crippen molar-refractivity contribution in [2.75, 3.05) is 17.2 Å². The molecule has 2 aromatic carbocycles. The predicted octanol–water partition coefficient (Wildman–Crippen LogP) is 5.31. The zero-order valence-corrected chi connectivity index (χ0v) is 20.5. The van der Waals surface area contributed by atoms with Crippen molar-refractivity contribution in [2.24, 2.45) is 0 Å². The molecule has 0 saturated heterocycles. The first-order valence-corrected chi connectivity index (χ1v) is 11.1. The molecule has 0 fully saturated rings. The second-order valence-corrected chi connectivity index (χ2v) is 9.64. The maximum Gasteiger partial charge on any atom is 0.319 e. The number of hydrogen-bond acceptors (Lipinski definition) is 3. The molecular formula is C24H28BrN5O2. The third-order valence-electron chi connectivity index (χ3n) is 4.84. The lowest BCUT2D eigenvalue weighted by Gasteiger charge is -2.14. The van der Waals surface area contributed by atoms with Crippen molar-refractivity contribution in [2.45, 2.75) is 40.0 Å². The minimum atomic E-state index is -0.458. The summed E-state index contributed by atoms with van der Waals surface area (Å²) in [4.78, 5) is 24.7. The van der Waals surface area contributed by atoms with Crippen LogP contribution < -0.4 is 16.0 Å². The summed E-state index contributed by atoms with van der Waals surface area (Å²) >= 11 is 3.35. The number of aryl methyl sites for hydroxylation is 2. The van der Waals surface area contributed by atoms with Crippen LogP contribution in [-0.2, 0) is 10.2 Å². The van der Waals surface area contributed by atoms with Gasteiger partial charge in [0.2, 0.25) is 5.91 Å². The van der Waals surface area contributed by atoms with Crippen LogP contribution in [0.3, 0.4) is 0 Å². The highest BCUT2D eigenvalue weighted by atomic mass is 79.9. The topological polar surface area (TPSA) is 88.1 Å². The molecule has 8 heteroatoms. The van der Waals surface area contributed by atoms with Gasteiger partial charge in [-0.05, 0) is 49.7 Å². The van der Waals surface area contributed by atoms with Gasteiger partial charge in [-0.3, -0.25) is 4.79 Å². The third kappa shape index (κ3) is 5.97. The molecule has 0 aliphatic heterocycles. The van der Waals surface area contributed by atoms with Gasteiger partial charge < -0.3 is 16.0 Å². The van der Waals surface area contributed by atoms with Crippen LogP contribution in [0.2, 0.25) is 0 Å². The maximum atomic E-state index is 12.6. The molecule has 3 amide bonds. The van der Waals surface area contributed by atoms with Crippen molar-refractivity contribution >= 4 is 39.4 Å². The van der Waals surface area contributed by atoms with Gasteiger partial charge in [0, 0.05) is 21.6 Å².